The number of anilines is 1. The first-order valence-electron chi connectivity index (χ1n) is 6.27. The lowest BCUT2D eigenvalue weighted by atomic mass is 10.1. The molecule has 0 radical (unpaired) electrons. The summed E-state index contributed by atoms with van der Waals surface area (Å²) in [6.45, 7) is 3.71. The number of rotatable bonds is 4. The van der Waals surface area contributed by atoms with Crippen molar-refractivity contribution < 1.29 is 13.2 Å². The van der Waals surface area contributed by atoms with Crippen molar-refractivity contribution in [2.24, 2.45) is 0 Å². The maximum Gasteiger partial charge on any atom is 0.261 e. The SMILES string of the molecule is COc1ccc(S(=O)(=O)Nc2c(C)cc(C)cc2Cl)cc1. The van der Waals surface area contributed by atoms with Gasteiger partial charge in [0.25, 0.3) is 10.0 Å². The minimum Gasteiger partial charge on any atom is -0.497 e. The quantitative estimate of drug-likeness (QED) is 0.931. The van der Waals surface area contributed by atoms with Gasteiger partial charge >= 0.3 is 0 Å². The fourth-order valence-corrected chi connectivity index (χ4v) is 3.57. The molecule has 1 N–H and O–H groups in total. The van der Waals surface area contributed by atoms with Gasteiger partial charge in [-0.3, -0.25) is 4.72 Å². The van der Waals surface area contributed by atoms with Crippen LogP contribution in [0.25, 0.3) is 0 Å². The van der Waals surface area contributed by atoms with Gasteiger partial charge in [-0.15, -0.1) is 0 Å². The summed E-state index contributed by atoms with van der Waals surface area (Å²) in [6, 6.07) is 9.76. The van der Waals surface area contributed by atoms with E-state index in [2.05, 4.69) is 4.72 Å². The molecule has 0 amide bonds. The number of hydrogen-bond acceptors (Lipinski definition) is 3. The molecule has 0 atom stereocenters. The Labute approximate surface area is 129 Å². The second-order valence-electron chi connectivity index (χ2n) is 4.72. The molecular weight excluding hydrogens is 310 g/mol. The van der Waals surface area contributed by atoms with Crippen LogP contribution in [0, 0.1) is 13.8 Å². The molecule has 2 aromatic carbocycles. The maximum absolute atomic E-state index is 12.4. The fraction of sp³-hybridized carbons (Fsp3) is 0.200. The number of nitrogens with one attached hydrogen (secondary N) is 1. The molecule has 112 valence electrons. The standard InChI is InChI=1S/C15H16ClNO3S/c1-10-8-11(2)15(14(16)9-10)17-21(18,19)13-6-4-12(20-3)5-7-13/h4-9,17H,1-3H3. The summed E-state index contributed by atoms with van der Waals surface area (Å²) in [4.78, 5) is 0.152. The van der Waals surface area contributed by atoms with E-state index in [1.165, 1.54) is 19.2 Å². The Morgan fingerprint density at radius 3 is 2.24 bits per heavy atom. The van der Waals surface area contributed by atoms with E-state index in [9.17, 15) is 8.42 Å². The van der Waals surface area contributed by atoms with Crippen molar-refractivity contribution in [1.82, 2.24) is 0 Å². The first-order valence-corrected chi connectivity index (χ1v) is 8.13. The van der Waals surface area contributed by atoms with E-state index in [1.54, 1.807) is 18.2 Å². The van der Waals surface area contributed by atoms with E-state index in [0.29, 0.717) is 16.5 Å². The fourth-order valence-electron chi connectivity index (χ4n) is 1.99. The zero-order valence-corrected chi connectivity index (χ0v) is 13.5. The largest absolute Gasteiger partial charge is 0.497 e. The average molecular weight is 326 g/mol. The van der Waals surface area contributed by atoms with E-state index >= 15 is 0 Å². The minimum atomic E-state index is -3.69. The van der Waals surface area contributed by atoms with E-state index in [1.807, 2.05) is 19.9 Å². The van der Waals surface area contributed by atoms with Crippen molar-refractivity contribution in [3.8, 4) is 5.75 Å². The summed E-state index contributed by atoms with van der Waals surface area (Å²) in [5.41, 5.74) is 2.15. The topological polar surface area (TPSA) is 55.4 Å². The lowest BCUT2D eigenvalue weighted by Crippen LogP contribution is -2.14. The second-order valence-corrected chi connectivity index (χ2v) is 6.81. The zero-order chi connectivity index (χ0) is 15.6. The number of ether oxygens (including phenoxy) is 1. The number of aryl methyl sites for hydroxylation is 2. The van der Waals surface area contributed by atoms with Gasteiger partial charge in [0.1, 0.15) is 5.75 Å². The molecule has 0 aliphatic rings. The van der Waals surface area contributed by atoms with Crippen molar-refractivity contribution >= 4 is 27.3 Å². The molecule has 4 nitrogen and oxygen atoms in total. The molecule has 0 heterocycles. The molecule has 2 aromatic rings. The lowest BCUT2D eigenvalue weighted by Gasteiger charge is -2.13. The number of halogens is 1. The number of sulfonamides is 1. The molecule has 0 saturated heterocycles. The van der Waals surface area contributed by atoms with E-state index in [-0.39, 0.29) is 4.90 Å². The van der Waals surface area contributed by atoms with E-state index < -0.39 is 10.0 Å². The van der Waals surface area contributed by atoms with Crippen molar-refractivity contribution in [2.45, 2.75) is 18.7 Å². The van der Waals surface area contributed by atoms with Gasteiger partial charge in [0.15, 0.2) is 0 Å². The van der Waals surface area contributed by atoms with Crippen LogP contribution in [0.5, 0.6) is 5.75 Å². The van der Waals surface area contributed by atoms with Crippen molar-refractivity contribution in [3.05, 3.63) is 52.5 Å². The third-order valence-electron chi connectivity index (χ3n) is 3.04. The van der Waals surface area contributed by atoms with Crippen molar-refractivity contribution in [1.29, 1.82) is 0 Å². The number of hydrogen-bond donors (Lipinski definition) is 1. The van der Waals surface area contributed by atoms with Gasteiger partial charge < -0.3 is 4.74 Å². The van der Waals surface area contributed by atoms with Crippen molar-refractivity contribution in [2.75, 3.05) is 11.8 Å². The highest BCUT2D eigenvalue weighted by molar-refractivity contribution is 7.92. The third-order valence-corrected chi connectivity index (χ3v) is 4.70. The van der Waals surface area contributed by atoms with Crippen LogP contribution in [0.3, 0.4) is 0 Å². The first kappa shape index (κ1) is 15.7. The highest BCUT2D eigenvalue weighted by atomic mass is 35.5. The summed E-state index contributed by atoms with van der Waals surface area (Å²) < 4.78 is 32.3. The van der Waals surface area contributed by atoms with Gasteiger partial charge in [0.2, 0.25) is 0 Å². The molecule has 0 aliphatic carbocycles. The van der Waals surface area contributed by atoms with Crippen LogP contribution < -0.4 is 9.46 Å². The number of benzene rings is 2. The van der Waals surface area contributed by atoms with Crippen LogP contribution >= 0.6 is 11.6 Å². The highest BCUT2D eigenvalue weighted by Gasteiger charge is 2.17. The Morgan fingerprint density at radius 2 is 1.71 bits per heavy atom. The van der Waals surface area contributed by atoms with Gasteiger partial charge in [-0.2, -0.15) is 0 Å². The summed E-state index contributed by atoms with van der Waals surface area (Å²) >= 11 is 6.13. The molecule has 0 spiro atoms. The highest BCUT2D eigenvalue weighted by Crippen LogP contribution is 2.29. The maximum atomic E-state index is 12.4. The van der Waals surface area contributed by atoms with Crippen LogP contribution in [0.2, 0.25) is 5.02 Å². The molecule has 0 unspecified atom stereocenters. The predicted octanol–water partition coefficient (Wildman–Crippen LogP) is 3.77. The van der Waals surface area contributed by atoms with Gasteiger partial charge in [-0.25, -0.2) is 8.42 Å². The Hall–Kier alpha value is -1.72. The van der Waals surface area contributed by atoms with Gasteiger partial charge in [0, 0.05) is 0 Å². The molecule has 6 heteroatoms. The third kappa shape index (κ3) is 3.49. The van der Waals surface area contributed by atoms with Crippen LogP contribution in [0.15, 0.2) is 41.3 Å². The van der Waals surface area contributed by atoms with Crippen molar-refractivity contribution in [3.63, 3.8) is 0 Å². The normalized spacial score (nSPS) is 11.2. The van der Waals surface area contributed by atoms with Crippen LogP contribution in [-0.2, 0) is 10.0 Å². The molecule has 0 aliphatic heterocycles. The van der Waals surface area contributed by atoms with Crippen LogP contribution in [0.1, 0.15) is 11.1 Å². The molecule has 2 rings (SSSR count). The Bertz CT molecular complexity index is 732. The summed E-state index contributed by atoms with van der Waals surface area (Å²) in [5.74, 6) is 0.596. The molecule has 21 heavy (non-hydrogen) atoms. The Morgan fingerprint density at radius 1 is 1.10 bits per heavy atom. The second kappa shape index (κ2) is 5.95. The summed E-state index contributed by atoms with van der Waals surface area (Å²) in [6.07, 6.45) is 0. The molecule has 0 fully saturated rings. The lowest BCUT2D eigenvalue weighted by molar-refractivity contribution is 0.414. The van der Waals surface area contributed by atoms with Gasteiger partial charge in [0.05, 0.1) is 22.7 Å². The molecule has 0 saturated carbocycles. The number of methoxy groups -OCH3 is 1. The van der Waals surface area contributed by atoms with E-state index in [4.69, 9.17) is 16.3 Å². The molecular formula is C15H16ClNO3S. The average Bonchev–Trinajstić information content (AvgIpc) is 2.43. The molecule has 0 aromatic heterocycles. The monoisotopic (exact) mass is 325 g/mol. The Balaban J connectivity index is 2.37. The van der Waals surface area contributed by atoms with Gasteiger partial charge in [-0.1, -0.05) is 17.7 Å². The van der Waals surface area contributed by atoms with Gasteiger partial charge in [-0.05, 0) is 55.3 Å². The van der Waals surface area contributed by atoms with Crippen LogP contribution in [-0.4, -0.2) is 15.5 Å². The predicted molar refractivity (Wildman–Crippen MR) is 84.7 cm³/mol. The Kier molecular flexibility index (Phi) is 4.44. The van der Waals surface area contributed by atoms with E-state index in [0.717, 1.165) is 11.1 Å². The first-order chi connectivity index (χ1) is 9.83. The zero-order valence-electron chi connectivity index (χ0n) is 12.0. The minimum absolute atomic E-state index is 0.152. The summed E-state index contributed by atoms with van der Waals surface area (Å²) in [7, 11) is -2.16. The molecule has 0 bridgehead atoms. The van der Waals surface area contributed by atoms with Crippen LogP contribution in [0.4, 0.5) is 5.69 Å². The smallest absolute Gasteiger partial charge is 0.261 e. The summed E-state index contributed by atoms with van der Waals surface area (Å²) in [5, 5.41) is 0.379.